The van der Waals surface area contributed by atoms with E-state index in [0.29, 0.717) is 18.1 Å². The number of likely N-dealkylation sites (tertiary alicyclic amines) is 1. The molecule has 5 heteroatoms. The Morgan fingerprint density at radius 1 is 1.14 bits per heavy atom. The van der Waals surface area contributed by atoms with Gasteiger partial charge >= 0.3 is 0 Å². The fraction of sp³-hybridized carbons (Fsp3) is 0.609. The molecule has 2 aliphatic rings. The molecule has 0 aromatic heterocycles. The summed E-state index contributed by atoms with van der Waals surface area (Å²) in [6.45, 7) is 6.16. The Hall–Kier alpha value is -2.01. The molecule has 1 fully saturated rings. The normalized spacial score (nSPS) is 19.5. The number of ether oxygens (including phenoxy) is 2. The molecule has 5 nitrogen and oxygen atoms in total. The molecule has 1 amide bonds. The Morgan fingerprint density at radius 2 is 2.00 bits per heavy atom. The third-order valence-corrected chi connectivity index (χ3v) is 5.51. The number of allylic oxidation sites excluding steroid dienone is 2. The van der Waals surface area contributed by atoms with E-state index in [1.54, 1.807) is 0 Å². The summed E-state index contributed by atoms with van der Waals surface area (Å²) in [5, 5.41) is 3.56. The van der Waals surface area contributed by atoms with Crippen molar-refractivity contribution in [2.45, 2.75) is 52.0 Å². The first-order valence-corrected chi connectivity index (χ1v) is 10.8. The van der Waals surface area contributed by atoms with Crippen LogP contribution in [0.3, 0.4) is 0 Å². The van der Waals surface area contributed by atoms with Crippen LogP contribution in [-0.2, 0) is 11.3 Å². The SMILES string of the molecule is CCOc1cc(CNCC2CC=CCC2)ccc1OCC(=O)N1CCCCC1. The lowest BCUT2D eigenvalue weighted by Gasteiger charge is -2.26. The lowest BCUT2D eigenvalue weighted by atomic mass is 9.94. The predicted octanol–water partition coefficient (Wildman–Crippen LogP) is 3.92. The summed E-state index contributed by atoms with van der Waals surface area (Å²) in [5.41, 5.74) is 1.17. The Labute approximate surface area is 169 Å². The monoisotopic (exact) mass is 386 g/mol. The van der Waals surface area contributed by atoms with Gasteiger partial charge in [0.15, 0.2) is 18.1 Å². The first kappa shape index (κ1) is 20.7. The van der Waals surface area contributed by atoms with E-state index >= 15 is 0 Å². The summed E-state index contributed by atoms with van der Waals surface area (Å²) in [6, 6.07) is 6.00. The standard InChI is InChI=1S/C23H34N2O3/c1-2-27-22-15-20(17-24-16-19-9-5-3-6-10-19)11-12-21(22)28-18-23(26)25-13-7-4-8-14-25/h3,5,11-12,15,19,24H,2,4,6-10,13-14,16-18H2,1H3. The zero-order valence-electron chi connectivity index (χ0n) is 17.1. The van der Waals surface area contributed by atoms with Gasteiger partial charge in [0, 0.05) is 19.6 Å². The van der Waals surface area contributed by atoms with Crippen LogP contribution < -0.4 is 14.8 Å². The minimum absolute atomic E-state index is 0.0643. The van der Waals surface area contributed by atoms with Crippen molar-refractivity contribution in [3.8, 4) is 11.5 Å². The molecule has 1 atom stereocenters. The Balaban J connectivity index is 1.51. The molecule has 154 valence electrons. The molecule has 1 saturated heterocycles. The Kier molecular flexibility index (Phi) is 8.22. The minimum Gasteiger partial charge on any atom is -0.490 e. The molecular formula is C23H34N2O3. The maximum absolute atomic E-state index is 12.3. The van der Waals surface area contributed by atoms with Crippen LogP contribution in [0.2, 0.25) is 0 Å². The van der Waals surface area contributed by atoms with E-state index in [4.69, 9.17) is 9.47 Å². The zero-order valence-corrected chi connectivity index (χ0v) is 17.1. The molecule has 1 aromatic rings. The van der Waals surface area contributed by atoms with Gasteiger partial charge in [0.1, 0.15) is 0 Å². The van der Waals surface area contributed by atoms with E-state index in [9.17, 15) is 4.79 Å². The summed E-state index contributed by atoms with van der Waals surface area (Å²) in [4.78, 5) is 14.2. The maximum Gasteiger partial charge on any atom is 0.260 e. The van der Waals surface area contributed by atoms with Gasteiger partial charge in [-0.3, -0.25) is 4.79 Å². The molecule has 0 saturated carbocycles. The van der Waals surface area contributed by atoms with Crippen molar-refractivity contribution >= 4 is 5.91 Å². The van der Waals surface area contributed by atoms with Crippen LogP contribution in [-0.4, -0.2) is 43.7 Å². The van der Waals surface area contributed by atoms with Gasteiger partial charge in [0.25, 0.3) is 5.91 Å². The molecule has 3 rings (SSSR count). The third-order valence-electron chi connectivity index (χ3n) is 5.51. The van der Waals surface area contributed by atoms with Gasteiger partial charge in [0.05, 0.1) is 6.61 Å². The van der Waals surface area contributed by atoms with E-state index in [1.165, 1.54) is 31.2 Å². The van der Waals surface area contributed by atoms with E-state index < -0.39 is 0 Å². The topological polar surface area (TPSA) is 50.8 Å². The molecule has 1 aliphatic carbocycles. The lowest BCUT2D eigenvalue weighted by Crippen LogP contribution is -2.38. The fourth-order valence-electron chi connectivity index (χ4n) is 3.89. The molecule has 0 radical (unpaired) electrons. The number of rotatable bonds is 9. The number of nitrogens with one attached hydrogen (secondary N) is 1. The second-order valence-corrected chi connectivity index (χ2v) is 7.73. The average Bonchev–Trinajstić information content (AvgIpc) is 2.74. The lowest BCUT2D eigenvalue weighted by molar-refractivity contribution is -0.134. The van der Waals surface area contributed by atoms with Crippen molar-refractivity contribution in [2.24, 2.45) is 5.92 Å². The van der Waals surface area contributed by atoms with Crippen LogP contribution in [0.25, 0.3) is 0 Å². The second-order valence-electron chi connectivity index (χ2n) is 7.73. The third kappa shape index (κ3) is 6.26. The van der Waals surface area contributed by atoms with E-state index in [1.807, 2.05) is 24.0 Å². The number of carbonyl (C=O) groups excluding carboxylic acids is 1. The molecule has 1 aromatic carbocycles. The number of amides is 1. The van der Waals surface area contributed by atoms with E-state index in [-0.39, 0.29) is 12.5 Å². The van der Waals surface area contributed by atoms with Crippen molar-refractivity contribution < 1.29 is 14.3 Å². The number of benzene rings is 1. The quantitative estimate of drug-likeness (QED) is 0.654. The molecule has 0 bridgehead atoms. The van der Waals surface area contributed by atoms with Gasteiger partial charge in [-0.05, 0) is 75.6 Å². The van der Waals surface area contributed by atoms with Crippen LogP contribution in [0.4, 0.5) is 0 Å². The highest BCUT2D eigenvalue weighted by molar-refractivity contribution is 5.78. The molecule has 1 aliphatic heterocycles. The summed E-state index contributed by atoms with van der Waals surface area (Å²) in [7, 11) is 0. The highest BCUT2D eigenvalue weighted by atomic mass is 16.5. The van der Waals surface area contributed by atoms with Crippen molar-refractivity contribution in [1.82, 2.24) is 10.2 Å². The zero-order chi connectivity index (χ0) is 19.6. The molecule has 1 heterocycles. The van der Waals surface area contributed by atoms with Gasteiger partial charge in [-0.25, -0.2) is 0 Å². The number of hydrogen-bond acceptors (Lipinski definition) is 4. The van der Waals surface area contributed by atoms with Crippen LogP contribution in [0, 0.1) is 5.92 Å². The number of nitrogens with zero attached hydrogens (tertiary/aromatic N) is 1. The maximum atomic E-state index is 12.3. The largest absolute Gasteiger partial charge is 0.490 e. The van der Waals surface area contributed by atoms with Gasteiger partial charge in [-0.15, -0.1) is 0 Å². The van der Waals surface area contributed by atoms with Crippen LogP contribution in [0.5, 0.6) is 11.5 Å². The second kappa shape index (κ2) is 11.1. The van der Waals surface area contributed by atoms with Crippen molar-refractivity contribution in [3.63, 3.8) is 0 Å². The number of carbonyl (C=O) groups is 1. The van der Waals surface area contributed by atoms with Gasteiger partial charge in [0.2, 0.25) is 0 Å². The van der Waals surface area contributed by atoms with E-state index in [2.05, 4.69) is 23.5 Å². The first-order chi connectivity index (χ1) is 13.8. The highest BCUT2D eigenvalue weighted by Crippen LogP contribution is 2.29. The number of piperidine rings is 1. The average molecular weight is 387 g/mol. The summed E-state index contributed by atoms with van der Waals surface area (Å²) in [6.07, 6.45) is 11.6. The summed E-state index contributed by atoms with van der Waals surface area (Å²) >= 11 is 0. The van der Waals surface area contributed by atoms with Gasteiger partial charge in [-0.1, -0.05) is 18.2 Å². The van der Waals surface area contributed by atoms with Crippen molar-refractivity contribution in [1.29, 1.82) is 0 Å². The summed E-state index contributed by atoms with van der Waals surface area (Å²) in [5.74, 6) is 2.16. The molecule has 0 spiro atoms. The predicted molar refractivity (Wildman–Crippen MR) is 112 cm³/mol. The molecule has 1 unspecified atom stereocenters. The molecular weight excluding hydrogens is 352 g/mol. The molecule has 28 heavy (non-hydrogen) atoms. The van der Waals surface area contributed by atoms with Crippen LogP contribution >= 0.6 is 0 Å². The highest BCUT2D eigenvalue weighted by Gasteiger charge is 2.18. The number of hydrogen-bond donors (Lipinski definition) is 1. The Bertz CT molecular complexity index is 653. The van der Waals surface area contributed by atoms with Gasteiger partial charge < -0.3 is 19.7 Å². The Morgan fingerprint density at radius 3 is 2.75 bits per heavy atom. The van der Waals surface area contributed by atoms with E-state index in [0.717, 1.165) is 44.9 Å². The summed E-state index contributed by atoms with van der Waals surface area (Å²) < 4.78 is 11.6. The van der Waals surface area contributed by atoms with Crippen LogP contribution in [0.1, 0.15) is 51.0 Å². The fourth-order valence-corrected chi connectivity index (χ4v) is 3.89. The van der Waals surface area contributed by atoms with Gasteiger partial charge in [-0.2, -0.15) is 0 Å². The molecule has 1 N–H and O–H groups in total. The van der Waals surface area contributed by atoms with Crippen molar-refractivity contribution in [3.05, 3.63) is 35.9 Å². The van der Waals surface area contributed by atoms with Crippen LogP contribution in [0.15, 0.2) is 30.4 Å². The minimum atomic E-state index is 0.0643. The smallest absolute Gasteiger partial charge is 0.260 e. The first-order valence-electron chi connectivity index (χ1n) is 10.8. The van der Waals surface area contributed by atoms with Crippen molar-refractivity contribution in [2.75, 3.05) is 32.8 Å².